The van der Waals surface area contributed by atoms with Crippen LogP contribution in [0.25, 0.3) is 10.8 Å². The number of carboxylic acid groups (broad SMARTS) is 1. The zero-order valence-corrected chi connectivity index (χ0v) is 52.8. The Morgan fingerprint density at radius 2 is 1.44 bits per heavy atom. The highest BCUT2D eigenvalue weighted by atomic mass is 16.7. The lowest BCUT2D eigenvalue weighted by Crippen LogP contribution is -2.81. The molecule has 10 saturated carbocycles. The third-order valence-electron chi connectivity index (χ3n) is 31.0. The van der Waals surface area contributed by atoms with Crippen LogP contribution in [0, 0.1) is 73.4 Å². The molecule has 9 N–H and O–H groups in total. The summed E-state index contributed by atoms with van der Waals surface area (Å²) in [6.45, 7) is 4.06. The zero-order chi connectivity index (χ0) is 60.9. The van der Waals surface area contributed by atoms with Gasteiger partial charge in [-0.2, -0.15) is 0 Å². The van der Waals surface area contributed by atoms with E-state index in [0.717, 1.165) is 32.1 Å². The van der Waals surface area contributed by atoms with E-state index in [2.05, 4.69) is 16.9 Å². The van der Waals surface area contributed by atoms with Gasteiger partial charge in [-0.15, -0.1) is 0 Å². The van der Waals surface area contributed by atoms with Crippen LogP contribution in [0.4, 0.5) is 0 Å². The number of fused-ring (bicyclic) bond motifs is 6. The summed E-state index contributed by atoms with van der Waals surface area (Å²) in [5.41, 5.74) is 11.2. The minimum Gasteiger partial charge on any atom is -0.507 e. The van der Waals surface area contributed by atoms with E-state index in [1.165, 1.54) is 178 Å². The number of carbonyl (C=O) groups excluding carboxylic acids is 1. The molecule has 0 amide bonds. The quantitative estimate of drug-likeness (QED) is 0.0926. The van der Waals surface area contributed by atoms with Crippen molar-refractivity contribution in [2.75, 3.05) is 19.8 Å². The van der Waals surface area contributed by atoms with Gasteiger partial charge in [0, 0.05) is 52.5 Å². The fourth-order valence-corrected chi connectivity index (χ4v) is 28.5. The molecule has 14 fully saturated rings. The van der Waals surface area contributed by atoms with Crippen LogP contribution in [0.15, 0.2) is 34.9 Å². The molecular weight excluding hydrogens is 1120 g/mol. The van der Waals surface area contributed by atoms with E-state index in [0.29, 0.717) is 72.4 Å². The minimum absolute atomic E-state index is 0.0649. The number of Topliss-reactive ketones (excluding diaryl/α,β-unsaturated/α-hetero) is 1. The van der Waals surface area contributed by atoms with Crippen LogP contribution in [0.3, 0.4) is 0 Å². The van der Waals surface area contributed by atoms with Crippen LogP contribution in [0.5, 0.6) is 17.2 Å². The minimum atomic E-state index is -1.82. The van der Waals surface area contributed by atoms with Crippen molar-refractivity contribution in [2.45, 2.75) is 273 Å². The Labute approximate surface area is 523 Å². The average Bonchev–Trinajstić information content (AvgIpc) is 1.48. The number of carboxylic acids is 1. The van der Waals surface area contributed by atoms with Crippen molar-refractivity contribution in [3.8, 4) is 17.2 Å². The first-order valence-electron chi connectivity index (χ1n) is 35.7. The summed E-state index contributed by atoms with van der Waals surface area (Å²) in [6.07, 6.45) is 31.6. The molecule has 4 bridgehead atoms. The second-order valence-electron chi connectivity index (χ2n) is 34.6. The molecule has 16 aliphatic rings. The van der Waals surface area contributed by atoms with Crippen LogP contribution >= 0.6 is 0 Å². The number of ketones is 1. The van der Waals surface area contributed by atoms with Crippen molar-refractivity contribution in [2.24, 2.45) is 66.5 Å². The van der Waals surface area contributed by atoms with Crippen molar-refractivity contribution in [3.63, 3.8) is 0 Å². The number of allylic oxidation sites excluding steroid dienone is 1. The second-order valence-corrected chi connectivity index (χ2v) is 34.6. The van der Waals surface area contributed by atoms with Crippen LogP contribution in [-0.4, -0.2) is 121 Å². The van der Waals surface area contributed by atoms with Gasteiger partial charge in [0.15, 0.2) is 5.78 Å². The highest BCUT2D eigenvalue weighted by molar-refractivity contribution is 6.11. The second kappa shape index (κ2) is 19.1. The number of aromatic hydroxyl groups is 2. The third kappa shape index (κ3) is 7.33. The van der Waals surface area contributed by atoms with E-state index in [4.69, 9.17) is 18.9 Å². The van der Waals surface area contributed by atoms with Crippen LogP contribution in [-0.2, 0) is 14.2 Å². The Hall–Kier alpha value is -3.64. The summed E-state index contributed by atoms with van der Waals surface area (Å²) in [5.74, 6) is -3.06. The van der Waals surface area contributed by atoms with Gasteiger partial charge in [-0.25, -0.2) is 4.79 Å². The number of aromatic carboxylic acids is 1. The number of aliphatic hydroxyl groups excluding tert-OH is 4. The van der Waals surface area contributed by atoms with Crippen molar-refractivity contribution >= 4 is 22.5 Å². The Morgan fingerprint density at radius 1 is 0.730 bits per heavy atom. The molecule has 10 spiro atoms. The normalized spacial score (nSPS) is 45.9. The monoisotopic (exact) mass is 1220 g/mol. The van der Waals surface area contributed by atoms with E-state index in [-0.39, 0.29) is 80.9 Å². The lowest BCUT2D eigenvalue weighted by Gasteiger charge is -2.72. The topological polar surface area (TPSA) is 237 Å². The predicted molar refractivity (Wildman–Crippen MR) is 330 cm³/mol. The van der Waals surface area contributed by atoms with Gasteiger partial charge in [0.1, 0.15) is 41.2 Å². The fraction of sp³-hybridized carbons (Fsp3) is 0.784. The summed E-state index contributed by atoms with van der Waals surface area (Å²) >= 11 is 0. The van der Waals surface area contributed by atoms with Gasteiger partial charge in [0.2, 0.25) is 6.29 Å². The van der Waals surface area contributed by atoms with Crippen molar-refractivity contribution in [1.82, 2.24) is 10.9 Å². The number of hydrogen-bond donors (Lipinski definition) is 9. The van der Waals surface area contributed by atoms with Crippen molar-refractivity contribution in [1.29, 1.82) is 0 Å². The number of aliphatic hydroxyl groups is 4. The molecule has 5 aliphatic heterocycles. The first-order valence-corrected chi connectivity index (χ1v) is 35.7. The molecule has 2 aromatic rings. The fourth-order valence-electron chi connectivity index (χ4n) is 28.5. The molecule has 2 aromatic carbocycles. The van der Waals surface area contributed by atoms with E-state index in [1.54, 1.807) is 0 Å². The summed E-state index contributed by atoms with van der Waals surface area (Å²) in [4.78, 5) is 25.9. The number of phenolic OH excluding ortho intramolecular Hbond substituents is 2. The lowest BCUT2D eigenvalue weighted by molar-refractivity contribution is -0.340. The molecule has 0 unspecified atom stereocenters. The molecule has 5 heterocycles. The number of nitrogens with one attached hydrogen (secondary N) is 2. The first kappa shape index (κ1) is 58.0. The SMILES string of the molecule is CC(=O)c1c(C)c(O)c2cc(C(=O)O)cc(O[C@@H]3O[C@@H]4[C@H](O)C5(CCCC5)C[C@H]5O[C@@]4(C[C@@H]4C6=C5CC=C6[C@]5(CCCO)COC[C@@H]6C[C@@]78C[C@]4(NN[C@@H]7C[C@@]4(C8)C[C@@]7(CC8(CCCC8)CC78CCCC8)C[C@]47CCC4(CCCC4)C7)[C@@H]65)[C@H](O)[C@H]3O)c2c1O. The third-order valence-corrected chi connectivity index (χ3v) is 31.0. The molecule has 15 nitrogen and oxygen atoms in total. The predicted octanol–water partition coefficient (Wildman–Crippen LogP) is 11.6. The number of carbonyl (C=O) groups is 2. The number of hydrogen-bond acceptors (Lipinski definition) is 14. The lowest BCUT2D eigenvalue weighted by atomic mass is 9.38. The van der Waals surface area contributed by atoms with Crippen molar-refractivity contribution < 1.29 is 64.3 Å². The number of benzene rings is 2. The standard InChI is InChI=1S/C74H98N2O13/c1-41-52(42(2)78)56(80)54-46(55(41)79)26-43(62(84)85)27-49(54)87-63-57(81)59(82)74-29-48-53-45(50(89-74)30-66(18-7-8-19-66)60(83)61(74)88-63)12-13-47(53)72(22-11-25-77)40-86-32-44-28-67-36-70(31-51(67)75-76-73(48,37-67)58(44)72)39-71(38-69(70)24-23-64(33-69)14-3-4-15-64)35-65(16-5-6-17-65)34-68(71)20-9-10-21-68/h13,26-27,44,48,50-51,57-61,63,75-77,79-83H,3-12,14-25,28-40H2,1-2H3,(H,84,85)/t44-,48+,50+,51+,57+,58-,59+,60-,61+,63+,67+,69+,70+,71+,72-,73+,74-/m0/s1. The van der Waals surface area contributed by atoms with Gasteiger partial charge < -0.3 is 54.7 Å². The van der Waals surface area contributed by atoms with Gasteiger partial charge in [0.25, 0.3) is 0 Å². The zero-order valence-electron chi connectivity index (χ0n) is 52.8. The maximum atomic E-state index is 13.7. The van der Waals surface area contributed by atoms with Gasteiger partial charge >= 0.3 is 5.97 Å². The maximum Gasteiger partial charge on any atom is 0.335 e. The molecule has 11 aliphatic carbocycles. The molecule has 17 atom stereocenters. The molecular formula is C74H98N2O13. The highest BCUT2D eigenvalue weighted by Crippen LogP contribution is 2.87. The number of ether oxygens (including phenoxy) is 4. The summed E-state index contributed by atoms with van der Waals surface area (Å²) in [6, 6.07) is 2.65. The molecule has 15 heteroatoms. The molecule has 18 rings (SSSR count). The smallest absolute Gasteiger partial charge is 0.335 e. The molecule has 89 heavy (non-hydrogen) atoms. The van der Waals surface area contributed by atoms with Gasteiger partial charge in [0.05, 0.1) is 35.3 Å². The van der Waals surface area contributed by atoms with Crippen molar-refractivity contribution in [3.05, 3.63) is 51.6 Å². The Balaban J connectivity index is 0.780. The number of hydrazine groups is 1. The Morgan fingerprint density at radius 3 is 2.18 bits per heavy atom. The highest BCUT2D eigenvalue weighted by Gasteiger charge is 2.82. The molecule has 482 valence electrons. The van der Waals surface area contributed by atoms with Crippen LogP contribution in [0.2, 0.25) is 0 Å². The number of phenols is 2. The molecule has 4 saturated heterocycles. The molecule has 0 aromatic heterocycles. The summed E-state index contributed by atoms with van der Waals surface area (Å²) in [5, 5.41) is 85.0. The average molecular weight is 1220 g/mol. The number of rotatable bonds is 7. The maximum absolute atomic E-state index is 13.7. The largest absolute Gasteiger partial charge is 0.507 e. The molecule has 0 radical (unpaired) electrons. The summed E-state index contributed by atoms with van der Waals surface area (Å²) < 4.78 is 28.9. The van der Waals surface area contributed by atoms with Gasteiger partial charge in [-0.3, -0.25) is 15.6 Å². The van der Waals surface area contributed by atoms with Gasteiger partial charge in [-0.05, 0) is 247 Å². The summed E-state index contributed by atoms with van der Waals surface area (Å²) in [7, 11) is 0. The van der Waals surface area contributed by atoms with E-state index < -0.39 is 82.0 Å². The van der Waals surface area contributed by atoms with E-state index in [9.17, 15) is 45.3 Å². The van der Waals surface area contributed by atoms with Crippen LogP contribution in [0.1, 0.15) is 239 Å². The Kier molecular flexibility index (Phi) is 12.4. The van der Waals surface area contributed by atoms with E-state index >= 15 is 0 Å². The van der Waals surface area contributed by atoms with E-state index in [1.807, 2.05) is 0 Å². The first-order chi connectivity index (χ1) is 42.7. The van der Waals surface area contributed by atoms with Gasteiger partial charge in [-0.1, -0.05) is 57.4 Å². The Bertz CT molecular complexity index is 3420. The van der Waals surface area contributed by atoms with Crippen LogP contribution < -0.4 is 15.6 Å².